The highest BCUT2D eigenvalue weighted by Crippen LogP contribution is 2.15. The zero-order valence-electron chi connectivity index (χ0n) is 14.0. The molecule has 0 aliphatic heterocycles. The fourth-order valence-electron chi connectivity index (χ4n) is 3.03. The number of nitrogens with zero attached hydrogens (tertiary/aromatic N) is 5. The second kappa shape index (κ2) is 5.45. The van der Waals surface area contributed by atoms with Crippen molar-refractivity contribution in [1.29, 1.82) is 0 Å². The number of aromatic nitrogens is 5. The molecule has 0 spiro atoms. The summed E-state index contributed by atoms with van der Waals surface area (Å²) < 4.78 is 7.28. The van der Waals surface area contributed by atoms with Gasteiger partial charge in [0.1, 0.15) is 0 Å². The van der Waals surface area contributed by atoms with Crippen LogP contribution in [0.3, 0.4) is 0 Å². The van der Waals surface area contributed by atoms with E-state index in [-0.39, 0.29) is 17.8 Å². The molecule has 0 fully saturated rings. The van der Waals surface area contributed by atoms with Crippen LogP contribution >= 0.6 is 15.9 Å². The number of benzene rings is 1. The molecule has 0 aliphatic carbocycles. The van der Waals surface area contributed by atoms with Gasteiger partial charge in [-0.15, -0.1) is 0 Å². The molecule has 0 saturated carbocycles. The Hall–Kier alpha value is -2.61. The van der Waals surface area contributed by atoms with Crippen LogP contribution in [0.4, 0.5) is 0 Å². The third kappa shape index (κ3) is 2.28. The first-order chi connectivity index (χ1) is 11.9. The van der Waals surface area contributed by atoms with Gasteiger partial charge in [0.25, 0.3) is 5.56 Å². The normalized spacial score (nSPS) is 11.7. The molecule has 4 aromatic rings. The third-order valence-corrected chi connectivity index (χ3v) is 5.08. The number of imidazole rings is 2. The first-order valence-electron chi connectivity index (χ1n) is 7.77. The number of aryl methyl sites for hydroxylation is 3. The monoisotopic (exact) mass is 401 g/mol. The Bertz CT molecular complexity index is 1240. The van der Waals surface area contributed by atoms with Gasteiger partial charge in [-0.05, 0) is 24.6 Å². The Labute approximate surface area is 150 Å². The quantitative estimate of drug-likeness (QED) is 0.514. The summed E-state index contributed by atoms with van der Waals surface area (Å²) in [5, 5.41) is 0. The number of hydrogen-bond acceptors (Lipinski definition) is 3. The Morgan fingerprint density at radius 3 is 2.44 bits per heavy atom. The maximum Gasteiger partial charge on any atom is 0.332 e. The van der Waals surface area contributed by atoms with Gasteiger partial charge in [0.2, 0.25) is 5.78 Å². The molecule has 0 unspecified atom stereocenters. The standard InChI is InChI=1S/C17H16BrN5O2/c1-10-8-22-13-14(19-16(22)20(10)2)21(3)17(25)23(15(13)24)9-11-4-6-12(18)7-5-11/h4-8H,9H2,1-3H3. The van der Waals surface area contributed by atoms with Crippen LogP contribution in [0.25, 0.3) is 16.9 Å². The van der Waals surface area contributed by atoms with Crippen molar-refractivity contribution in [3.05, 3.63) is 67.0 Å². The van der Waals surface area contributed by atoms with E-state index in [1.807, 2.05) is 49.0 Å². The summed E-state index contributed by atoms with van der Waals surface area (Å²) in [4.78, 5) is 30.2. The number of rotatable bonds is 2. The first kappa shape index (κ1) is 15.9. The van der Waals surface area contributed by atoms with Crippen molar-refractivity contribution < 1.29 is 0 Å². The molecule has 3 heterocycles. The van der Waals surface area contributed by atoms with E-state index in [0.29, 0.717) is 16.9 Å². The first-order valence-corrected chi connectivity index (χ1v) is 8.56. The molecule has 0 radical (unpaired) electrons. The SMILES string of the molecule is Cc1cn2c3c(=O)n(Cc4ccc(Br)cc4)c(=O)n(C)c3nc2n1C. The maximum absolute atomic E-state index is 13.0. The molecule has 0 aliphatic rings. The fourth-order valence-corrected chi connectivity index (χ4v) is 3.29. The zero-order valence-corrected chi connectivity index (χ0v) is 15.6. The smallest absolute Gasteiger partial charge is 0.317 e. The van der Waals surface area contributed by atoms with Gasteiger partial charge < -0.3 is 4.57 Å². The molecule has 1 aromatic carbocycles. The van der Waals surface area contributed by atoms with Crippen LogP contribution in [0.15, 0.2) is 44.5 Å². The predicted molar refractivity (Wildman–Crippen MR) is 99.2 cm³/mol. The summed E-state index contributed by atoms with van der Waals surface area (Å²) in [6.07, 6.45) is 1.86. The minimum Gasteiger partial charge on any atom is -0.317 e. The maximum atomic E-state index is 13.0. The highest BCUT2D eigenvalue weighted by Gasteiger charge is 2.19. The van der Waals surface area contributed by atoms with Gasteiger partial charge >= 0.3 is 5.69 Å². The van der Waals surface area contributed by atoms with E-state index in [9.17, 15) is 9.59 Å². The van der Waals surface area contributed by atoms with E-state index < -0.39 is 0 Å². The van der Waals surface area contributed by atoms with Gasteiger partial charge in [0.05, 0.1) is 6.54 Å². The zero-order chi connectivity index (χ0) is 17.9. The number of fused-ring (bicyclic) bond motifs is 3. The lowest BCUT2D eigenvalue weighted by atomic mass is 10.2. The molecule has 3 aromatic heterocycles. The summed E-state index contributed by atoms with van der Waals surface area (Å²) in [7, 11) is 3.52. The highest BCUT2D eigenvalue weighted by atomic mass is 79.9. The summed E-state index contributed by atoms with van der Waals surface area (Å²) in [5.41, 5.74) is 1.97. The molecule has 25 heavy (non-hydrogen) atoms. The lowest BCUT2D eigenvalue weighted by molar-refractivity contribution is 0.656. The van der Waals surface area contributed by atoms with Crippen molar-refractivity contribution in [1.82, 2.24) is 23.1 Å². The topological polar surface area (TPSA) is 66.2 Å². The average molecular weight is 402 g/mol. The van der Waals surface area contributed by atoms with Crippen LogP contribution < -0.4 is 11.2 Å². The molecule has 7 nitrogen and oxygen atoms in total. The fraction of sp³-hybridized carbons (Fsp3) is 0.235. The minimum absolute atomic E-state index is 0.216. The molecule has 8 heteroatoms. The Morgan fingerprint density at radius 1 is 1.08 bits per heavy atom. The second-order valence-corrected chi connectivity index (χ2v) is 7.06. The number of halogens is 1. The largest absolute Gasteiger partial charge is 0.332 e. The predicted octanol–water partition coefficient (Wildman–Crippen LogP) is 1.81. The summed E-state index contributed by atoms with van der Waals surface area (Å²) in [5.74, 6) is 0.640. The molecular formula is C17H16BrN5O2. The minimum atomic E-state index is -0.374. The van der Waals surface area contributed by atoms with Crippen LogP contribution in [0.5, 0.6) is 0 Å². The molecule has 4 rings (SSSR count). The average Bonchev–Trinajstić information content (AvgIpc) is 3.09. The molecule has 0 amide bonds. The van der Waals surface area contributed by atoms with Gasteiger partial charge in [0, 0.05) is 30.5 Å². The van der Waals surface area contributed by atoms with E-state index in [2.05, 4.69) is 20.9 Å². The summed E-state index contributed by atoms with van der Waals surface area (Å²) in [6, 6.07) is 7.56. The van der Waals surface area contributed by atoms with Crippen LogP contribution in [0.2, 0.25) is 0 Å². The van der Waals surface area contributed by atoms with E-state index >= 15 is 0 Å². The molecule has 128 valence electrons. The lowest BCUT2D eigenvalue weighted by Gasteiger charge is -2.08. The lowest BCUT2D eigenvalue weighted by Crippen LogP contribution is -2.39. The van der Waals surface area contributed by atoms with Crippen LogP contribution in [-0.2, 0) is 20.6 Å². The van der Waals surface area contributed by atoms with Crippen molar-refractivity contribution >= 4 is 32.9 Å². The molecule has 0 bridgehead atoms. The molecule has 0 atom stereocenters. The van der Waals surface area contributed by atoms with E-state index in [0.717, 1.165) is 15.7 Å². The summed E-state index contributed by atoms with van der Waals surface area (Å²) >= 11 is 3.39. The van der Waals surface area contributed by atoms with Crippen LogP contribution in [0.1, 0.15) is 11.3 Å². The van der Waals surface area contributed by atoms with Crippen molar-refractivity contribution in [3.63, 3.8) is 0 Å². The Kier molecular flexibility index (Phi) is 3.47. The van der Waals surface area contributed by atoms with Crippen molar-refractivity contribution in [2.24, 2.45) is 14.1 Å². The van der Waals surface area contributed by atoms with Gasteiger partial charge in [-0.2, -0.15) is 4.98 Å². The van der Waals surface area contributed by atoms with Crippen molar-refractivity contribution in [3.8, 4) is 0 Å². The molecule has 0 N–H and O–H groups in total. The van der Waals surface area contributed by atoms with E-state index in [1.165, 1.54) is 9.13 Å². The van der Waals surface area contributed by atoms with Crippen molar-refractivity contribution in [2.75, 3.05) is 0 Å². The highest BCUT2D eigenvalue weighted by molar-refractivity contribution is 9.10. The molecular weight excluding hydrogens is 386 g/mol. The van der Waals surface area contributed by atoms with E-state index in [4.69, 9.17) is 0 Å². The number of hydrogen-bond donors (Lipinski definition) is 0. The Balaban J connectivity index is 2.03. The van der Waals surface area contributed by atoms with Crippen LogP contribution in [-0.4, -0.2) is 23.1 Å². The molecule has 0 saturated heterocycles. The Morgan fingerprint density at radius 2 is 1.76 bits per heavy atom. The van der Waals surface area contributed by atoms with Gasteiger partial charge in [-0.3, -0.25) is 18.3 Å². The van der Waals surface area contributed by atoms with Gasteiger partial charge in [-0.25, -0.2) is 4.79 Å². The van der Waals surface area contributed by atoms with E-state index in [1.54, 1.807) is 11.4 Å². The van der Waals surface area contributed by atoms with Crippen LogP contribution in [0, 0.1) is 6.92 Å². The van der Waals surface area contributed by atoms with Gasteiger partial charge in [0.15, 0.2) is 11.2 Å². The van der Waals surface area contributed by atoms with Crippen molar-refractivity contribution in [2.45, 2.75) is 13.5 Å². The third-order valence-electron chi connectivity index (χ3n) is 4.56. The summed E-state index contributed by atoms with van der Waals surface area (Å²) in [6.45, 7) is 2.16. The second-order valence-electron chi connectivity index (χ2n) is 6.14. The van der Waals surface area contributed by atoms with Gasteiger partial charge in [-0.1, -0.05) is 28.1 Å².